The maximum Gasteiger partial charge on any atom is 0.306 e. The molecule has 0 amide bonds. The van der Waals surface area contributed by atoms with Crippen molar-refractivity contribution in [3.63, 3.8) is 0 Å². The second kappa shape index (κ2) is 12.8. The summed E-state index contributed by atoms with van der Waals surface area (Å²) in [5, 5.41) is -0.282. The summed E-state index contributed by atoms with van der Waals surface area (Å²) in [6.45, 7) is 10.4. The number of esters is 2. The first-order valence-electron chi connectivity index (χ1n) is 7.20. The van der Waals surface area contributed by atoms with Crippen LogP contribution in [-0.2, 0) is 28.7 Å². The Morgan fingerprint density at radius 2 is 1.08 bits per heavy atom. The molecule has 0 saturated carbocycles. The summed E-state index contributed by atoms with van der Waals surface area (Å²) in [5.74, 6) is -0.365. The van der Waals surface area contributed by atoms with Crippen molar-refractivity contribution in [1.29, 1.82) is 0 Å². The zero-order valence-electron chi connectivity index (χ0n) is 13.9. The largest absolute Gasteiger partial charge is 0.465 e. The van der Waals surface area contributed by atoms with E-state index in [0.29, 0.717) is 22.7 Å². The predicted octanol–water partition coefficient (Wildman–Crippen LogP) is 2.52. The van der Waals surface area contributed by atoms with Crippen LogP contribution in [0.2, 0.25) is 0 Å². The summed E-state index contributed by atoms with van der Waals surface area (Å²) < 4.78 is 9.80. The molecule has 0 fully saturated rings. The van der Waals surface area contributed by atoms with E-state index >= 15 is 0 Å². The van der Waals surface area contributed by atoms with Crippen LogP contribution in [0.1, 0.15) is 26.7 Å². The fourth-order valence-corrected chi connectivity index (χ4v) is 2.37. The molecule has 134 valence electrons. The van der Waals surface area contributed by atoms with E-state index in [4.69, 9.17) is 9.47 Å². The third kappa shape index (κ3) is 12.0. The third-order valence-corrected chi connectivity index (χ3v) is 4.35. The number of carbonyl (C=O) groups is 4. The van der Waals surface area contributed by atoms with Crippen LogP contribution in [-0.4, -0.2) is 46.9 Å². The highest BCUT2D eigenvalue weighted by Crippen LogP contribution is 2.09. The highest BCUT2D eigenvalue weighted by Gasteiger charge is 2.10. The minimum absolute atomic E-state index is 0.0875. The fourth-order valence-electron chi connectivity index (χ4n) is 1.17. The maximum atomic E-state index is 11.4. The van der Waals surface area contributed by atoms with E-state index in [0.717, 1.165) is 23.5 Å². The lowest BCUT2D eigenvalue weighted by molar-refractivity contribution is -0.149. The summed E-state index contributed by atoms with van der Waals surface area (Å²) in [7, 11) is 0. The minimum Gasteiger partial charge on any atom is -0.465 e. The van der Waals surface area contributed by atoms with E-state index < -0.39 is 11.9 Å². The van der Waals surface area contributed by atoms with Gasteiger partial charge in [-0.1, -0.05) is 36.7 Å². The number of rotatable bonds is 11. The Hall–Kier alpha value is -1.54. The van der Waals surface area contributed by atoms with Crippen LogP contribution in [0.3, 0.4) is 0 Å². The average Bonchev–Trinajstić information content (AvgIpc) is 2.52. The first-order valence-corrected chi connectivity index (χ1v) is 9.17. The number of carbonyl (C=O) groups excluding carboxylic acids is 4. The standard InChI is InChI=1S/C16H22O6S2/c1-11(2)15(19)23-9-7-21-13(17)5-6-14(18)22-8-10-24-16(20)12(3)4/h1,3,5-10H2,2,4H3. The molecule has 0 rings (SSSR count). The minimum atomic E-state index is -0.526. The first-order chi connectivity index (χ1) is 11.2. The molecule has 0 spiro atoms. The van der Waals surface area contributed by atoms with Gasteiger partial charge in [0.25, 0.3) is 0 Å². The molecule has 0 unspecified atom stereocenters. The summed E-state index contributed by atoms with van der Waals surface area (Å²) in [6.07, 6.45) is -0.175. The molecule has 0 aromatic carbocycles. The number of ether oxygens (including phenoxy) is 2. The van der Waals surface area contributed by atoms with Gasteiger partial charge in [-0.05, 0) is 25.0 Å². The molecule has 0 saturated heterocycles. The van der Waals surface area contributed by atoms with E-state index in [-0.39, 0.29) is 36.3 Å². The van der Waals surface area contributed by atoms with Crippen LogP contribution in [0.5, 0.6) is 0 Å². The fraction of sp³-hybridized carbons (Fsp3) is 0.500. The molecule has 0 heterocycles. The van der Waals surface area contributed by atoms with Crippen LogP contribution in [0, 0.1) is 0 Å². The van der Waals surface area contributed by atoms with E-state index in [1.807, 2.05) is 0 Å². The zero-order chi connectivity index (χ0) is 18.5. The Labute approximate surface area is 150 Å². The van der Waals surface area contributed by atoms with Gasteiger partial charge in [-0.3, -0.25) is 19.2 Å². The van der Waals surface area contributed by atoms with Crippen molar-refractivity contribution in [2.75, 3.05) is 24.7 Å². The molecule has 0 aromatic rings. The van der Waals surface area contributed by atoms with Gasteiger partial charge in [0.2, 0.25) is 10.2 Å². The predicted molar refractivity (Wildman–Crippen MR) is 95.7 cm³/mol. The molecule has 0 aromatic heterocycles. The molecule has 24 heavy (non-hydrogen) atoms. The summed E-state index contributed by atoms with van der Waals surface area (Å²) >= 11 is 2.05. The average molecular weight is 374 g/mol. The molecule has 0 aliphatic carbocycles. The molecule has 0 bridgehead atoms. The molecule has 0 radical (unpaired) electrons. The quantitative estimate of drug-likeness (QED) is 0.310. The highest BCUT2D eigenvalue weighted by molar-refractivity contribution is 8.14. The van der Waals surface area contributed by atoms with Crippen molar-refractivity contribution in [2.45, 2.75) is 26.7 Å². The van der Waals surface area contributed by atoms with Gasteiger partial charge in [-0.2, -0.15) is 0 Å². The van der Waals surface area contributed by atoms with E-state index in [9.17, 15) is 19.2 Å². The lowest BCUT2D eigenvalue weighted by Gasteiger charge is -2.05. The Kier molecular flexibility index (Phi) is 12.0. The number of thioether (sulfide) groups is 2. The van der Waals surface area contributed by atoms with Gasteiger partial charge in [-0.25, -0.2) is 0 Å². The van der Waals surface area contributed by atoms with Crippen LogP contribution in [0.25, 0.3) is 0 Å². The molecule has 0 atom stereocenters. The second-order valence-corrected chi connectivity index (χ2v) is 6.91. The Bertz CT molecular complexity index is 467. The number of hydrogen-bond donors (Lipinski definition) is 0. The van der Waals surface area contributed by atoms with Crippen molar-refractivity contribution in [2.24, 2.45) is 0 Å². The smallest absolute Gasteiger partial charge is 0.306 e. The van der Waals surface area contributed by atoms with Crippen LogP contribution < -0.4 is 0 Å². The van der Waals surface area contributed by atoms with Crippen molar-refractivity contribution in [3.05, 3.63) is 24.3 Å². The van der Waals surface area contributed by atoms with Crippen LogP contribution in [0.15, 0.2) is 24.3 Å². The lowest BCUT2D eigenvalue weighted by Crippen LogP contribution is -2.13. The molecule has 0 aliphatic rings. The van der Waals surface area contributed by atoms with E-state index in [1.54, 1.807) is 13.8 Å². The van der Waals surface area contributed by atoms with Gasteiger partial charge in [0.15, 0.2) is 0 Å². The van der Waals surface area contributed by atoms with Gasteiger partial charge < -0.3 is 9.47 Å². The van der Waals surface area contributed by atoms with Gasteiger partial charge in [0, 0.05) is 11.5 Å². The van der Waals surface area contributed by atoms with Crippen molar-refractivity contribution < 1.29 is 28.7 Å². The van der Waals surface area contributed by atoms with Crippen molar-refractivity contribution in [1.82, 2.24) is 0 Å². The summed E-state index contributed by atoms with van der Waals surface area (Å²) in [6, 6.07) is 0. The molecular formula is C16H22O6S2. The first kappa shape index (κ1) is 22.5. The molecule has 6 nitrogen and oxygen atoms in total. The van der Waals surface area contributed by atoms with Gasteiger partial charge in [0.05, 0.1) is 12.8 Å². The van der Waals surface area contributed by atoms with Gasteiger partial charge in [-0.15, -0.1) is 0 Å². The number of hydrogen-bond acceptors (Lipinski definition) is 8. The van der Waals surface area contributed by atoms with E-state index in [2.05, 4.69) is 13.2 Å². The Morgan fingerprint density at radius 3 is 1.38 bits per heavy atom. The van der Waals surface area contributed by atoms with E-state index in [1.165, 1.54) is 0 Å². The highest BCUT2D eigenvalue weighted by atomic mass is 32.2. The van der Waals surface area contributed by atoms with Crippen molar-refractivity contribution in [3.8, 4) is 0 Å². The van der Waals surface area contributed by atoms with Crippen LogP contribution >= 0.6 is 23.5 Å². The zero-order valence-corrected chi connectivity index (χ0v) is 15.6. The van der Waals surface area contributed by atoms with Gasteiger partial charge in [0.1, 0.15) is 13.2 Å². The van der Waals surface area contributed by atoms with Crippen molar-refractivity contribution >= 4 is 45.7 Å². The lowest BCUT2D eigenvalue weighted by atomic mass is 10.3. The monoisotopic (exact) mass is 374 g/mol. The topological polar surface area (TPSA) is 86.7 Å². The normalized spacial score (nSPS) is 9.92. The van der Waals surface area contributed by atoms with Crippen LogP contribution in [0.4, 0.5) is 0 Å². The molecule has 8 heteroatoms. The molecular weight excluding hydrogens is 352 g/mol. The Morgan fingerprint density at radius 1 is 0.750 bits per heavy atom. The molecule has 0 N–H and O–H groups in total. The third-order valence-electron chi connectivity index (χ3n) is 2.39. The SMILES string of the molecule is C=C(C)C(=O)SCCOC(=O)CCC(=O)OCCSC(=O)C(=C)C. The Balaban J connectivity index is 3.66. The molecule has 0 aliphatic heterocycles. The second-order valence-electron chi connectivity index (χ2n) is 4.77. The summed E-state index contributed by atoms with van der Waals surface area (Å²) in [4.78, 5) is 45.3. The van der Waals surface area contributed by atoms with Gasteiger partial charge >= 0.3 is 11.9 Å². The maximum absolute atomic E-state index is 11.4. The summed E-state index contributed by atoms with van der Waals surface area (Å²) in [5.41, 5.74) is 0.884.